The molecule has 3 heteroatoms. The molecule has 4 heavy (non-hydrogen) atoms. The van der Waals surface area contributed by atoms with Crippen molar-refractivity contribution < 1.29 is 4.11 Å². The van der Waals surface area contributed by atoms with Crippen LogP contribution in [0.15, 0.2) is 0 Å². The molecule has 0 amide bonds. The van der Waals surface area contributed by atoms with E-state index in [1.54, 1.807) is 0 Å². The molecule has 1 atom stereocenters. The summed E-state index contributed by atoms with van der Waals surface area (Å²) in [6, 6.07) is 0. The van der Waals surface area contributed by atoms with Crippen LogP contribution in [-0.2, 0) is 0 Å². The highest BCUT2D eigenvalue weighted by atomic mass is 35.6. The van der Waals surface area contributed by atoms with Gasteiger partial charge < -0.3 is 0 Å². The van der Waals surface area contributed by atoms with Gasteiger partial charge in [-0.2, -0.15) is 0 Å². The fraction of sp³-hybridized carbons (Fsp3) is 1.00. The molecular weight excluding hydrogens is 94.5 g/mol. The number of hydrogen-bond donors (Lipinski definition) is 0. The quantitative estimate of drug-likeness (QED) is 0.314. The topological polar surface area (TPSA) is 0 Å². The van der Waals surface area contributed by atoms with E-state index in [9.17, 15) is 4.11 Å². The Kier molecular flexibility index (Phi) is 1.92. The molecule has 0 saturated heterocycles. The summed E-state index contributed by atoms with van der Waals surface area (Å²) in [6.07, 6.45) is 0. The molecule has 0 bridgehead atoms. The van der Waals surface area contributed by atoms with Gasteiger partial charge in [0.25, 0.3) is 0 Å². The Bertz CT molecular complexity index is 12.8. The fourth-order valence-electron chi connectivity index (χ4n) is 0. The van der Waals surface area contributed by atoms with E-state index < -0.39 is 8.44 Å². The molecule has 0 rings (SSSR count). The van der Waals surface area contributed by atoms with Gasteiger partial charge in [-0.05, 0) is 6.55 Å². The van der Waals surface area contributed by atoms with Crippen molar-refractivity contribution in [1.82, 2.24) is 0 Å². The summed E-state index contributed by atoms with van der Waals surface area (Å²) in [5, 5.41) is 0. The van der Waals surface area contributed by atoms with Gasteiger partial charge in [-0.15, -0.1) is 11.1 Å². The molecule has 0 heterocycles. The van der Waals surface area contributed by atoms with Crippen LogP contribution in [0.5, 0.6) is 0 Å². The third kappa shape index (κ3) is 26.4. The van der Waals surface area contributed by atoms with Crippen LogP contribution < -0.4 is 0 Å². The summed E-state index contributed by atoms with van der Waals surface area (Å²) in [4.78, 5) is 0. The molecule has 0 aliphatic rings. The smallest absolute Gasteiger partial charge is 0.298 e. The van der Waals surface area contributed by atoms with E-state index in [2.05, 4.69) is 0 Å². The highest BCUT2D eigenvalue weighted by Gasteiger charge is 1.84. The molecular formula is CH4ClFSi. The molecule has 0 radical (unpaired) electrons. The number of halogens is 2. The van der Waals surface area contributed by atoms with E-state index >= 15 is 0 Å². The Balaban J connectivity index is 2.32. The molecule has 0 aliphatic heterocycles. The van der Waals surface area contributed by atoms with Crippen molar-refractivity contribution in [2.45, 2.75) is 6.55 Å². The largest absolute Gasteiger partial charge is 0.321 e. The second-order valence-corrected chi connectivity index (χ2v) is 3.36. The Morgan fingerprint density at radius 2 is 2.00 bits per heavy atom. The highest BCUT2D eigenvalue weighted by Crippen LogP contribution is 1.83. The first-order valence-electron chi connectivity index (χ1n) is 1.01. The van der Waals surface area contributed by atoms with Crippen molar-refractivity contribution in [2.24, 2.45) is 0 Å². The molecule has 0 aromatic carbocycles. The molecule has 0 N–H and O–H groups in total. The predicted octanol–water partition coefficient (Wildman–Crippen LogP) is 1.04. The van der Waals surface area contributed by atoms with Gasteiger partial charge in [-0.3, -0.25) is 4.11 Å². The zero-order chi connectivity index (χ0) is 3.58. The van der Waals surface area contributed by atoms with Crippen LogP contribution in [0.1, 0.15) is 0 Å². The zero-order valence-electron chi connectivity index (χ0n) is 2.33. The molecule has 0 saturated carbocycles. The lowest BCUT2D eigenvalue weighted by Gasteiger charge is -1.67. The lowest BCUT2D eigenvalue weighted by Crippen LogP contribution is -1.76. The van der Waals surface area contributed by atoms with E-state index in [0.717, 1.165) is 0 Å². The minimum absolute atomic E-state index is 1.40. The van der Waals surface area contributed by atoms with Crippen molar-refractivity contribution >= 4 is 19.5 Å². The third-order valence-electron chi connectivity index (χ3n) is 0. The lowest BCUT2D eigenvalue weighted by molar-refractivity contribution is 0.867. The molecule has 0 aliphatic carbocycles. The summed E-state index contributed by atoms with van der Waals surface area (Å²) in [6.45, 7) is 1.40. The number of hydrogen-bond acceptors (Lipinski definition) is 0. The van der Waals surface area contributed by atoms with Gasteiger partial charge in [0.05, 0.1) is 0 Å². The highest BCUT2D eigenvalue weighted by molar-refractivity contribution is 7.02. The van der Waals surface area contributed by atoms with Crippen molar-refractivity contribution in [3.8, 4) is 0 Å². The van der Waals surface area contributed by atoms with Gasteiger partial charge in [-0.25, -0.2) is 0 Å². The summed E-state index contributed by atoms with van der Waals surface area (Å²) < 4.78 is 10.9. The van der Waals surface area contributed by atoms with E-state index in [1.165, 1.54) is 6.55 Å². The van der Waals surface area contributed by atoms with Crippen LogP contribution in [0.3, 0.4) is 0 Å². The Morgan fingerprint density at radius 1 is 2.00 bits per heavy atom. The average molecular weight is 98.6 g/mol. The molecule has 0 nitrogen and oxygen atoms in total. The summed E-state index contributed by atoms with van der Waals surface area (Å²) >= 11 is 4.75. The van der Waals surface area contributed by atoms with E-state index in [1.807, 2.05) is 0 Å². The maximum Gasteiger partial charge on any atom is 0.321 e. The van der Waals surface area contributed by atoms with Gasteiger partial charge in [0.2, 0.25) is 0 Å². The maximum absolute atomic E-state index is 10.9. The van der Waals surface area contributed by atoms with Crippen LogP contribution >= 0.6 is 11.1 Å². The van der Waals surface area contributed by atoms with Crippen LogP contribution in [0.4, 0.5) is 4.11 Å². The van der Waals surface area contributed by atoms with E-state index in [4.69, 9.17) is 11.1 Å². The third-order valence-corrected chi connectivity index (χ3v) is 0. The Morgan fingerprint density at radius 3 is 2.00 bits per heavy atom. The van der Waals surface area contributed by atoms with Gasteiger partial charge in [0, 0.05) is 0 Å². The van der Waals surface area contributed by atoms with Gasteiger partial charge >= 0.3 is 8.44 Å². The lowest BCUT2D eigenvalue weighted by atomic mass is 11.9. The summed E-state index contributed by atoms with van der Waals surface area (Å²) in [5.41, 5.74) is 0. The molecule has 0 aromatic heterocycles. The van der Waals surface area contributed by atoms with Gasteiger partial charge in [0.15, 0.2) is 0 Å². The second kappa shape index (κ2) is 1.73. The molecule has 26 valence electrons. The van der Waals surface area contributed by atoms with Crippen molar-refractivity contribution in [3.63, 3.8) is 0 Å². The van der Waals surface area contributed by atoms with Crippen LogP contribution in [0.25, 0.3) is 0 Å². The number of rotatable bonds is 0. The van der Waals surface area contributed by atoms with Crippen molar-refractivity contribution in [3.05, 3.63) is 0 Å². The minimum Gasteiger partial charge on any atom is -0.298 e. The first-order valence-corrected chi connectivity index (χ1v) is 4.35. The monoisotopic (exact) mass is 98.0 g/mol. The van der Waals surface area contributed by atoms with Crippen LogP contribution in [-0.4, -0.2) is 8.44 Å². The Hall–Kier alpha value is 0.437. The van der Waals surface area contributed by atoms with Gasteiger partial charge in [-0.1, -0.05) is 0 Å². The van der Waals surface area contributed by atoms with Crippen molar-refractivity contribution in [1.29, 1.82) is 0 Å². The first kappa shape index (κ1) is 4.44. The zero-order valence-corrected chi connectivity index (χ0v) is 4.24. The van der Waals surface area contributed by atoms with E-state index in [-0.39, 0.29) is 0 Å². The van der Waals surface area contributed by atoms with Crippen LogP contribution in [0, 0.1) is 0 Å². The predicted molar refractivity (Wildman–Crippen MR) is 20.0 cm³/mol. The molecule has 0 spiro atoms. The molecule has 1 unspecified atom stereocenters. The first-order chi connectivity index (χ1) is 1.73. The summed E-state index contributed by atoms with van der Waals surface area (Å²) in [7, 11) is -2.17. The van der Waals surface area contributed by atoms with Crippen LogP contribution in [0.2, 0.25) is 6.55 Å². The second-order valence-electron chi connectivity index (χ2n) is 0.519. The normalized spacial score (nSPS) is 15.8. The fourth-order valence-corrected chi connectivity index (χ4v) is 0. The van der Waals surface area contributed by atoms with Gasteiger partial charge in [0.1, 0.15) is 0 Å². The minimum atomic E-state index is -2.17. The molecule has 0 aromatic rings. The Labute approximate surface area is 31.1 Å². The molecule has 0 fully saturated rings. The summed E-state index contributed by atoms with van der Waals surface area (Å²) in [5.74, 6) is 0. The van der Waals surface area contributed by atoms with E-state index in [0.29, 0.717) is 0 Å². The SMILES string of the molecule is C[SiH](F)Cl. The standard InChI is InChI=1S/CH4ClFSi/c1-4(2)3/h4H,1H3. The maximum atomic E-state index is 10.9. The van der Waals surface area contributed by atoms with Crippen molar-refractivity contribution in [2.75, 3.05) is 0 Å². The average Bonchev–Trinajstić information content (AvgIpc) is 0.811.